The van der Waals surface area contributed by atoms with Gasteiger partial charge in [-0.05, 0) is 18.6 Å². The van der Waals surface area contributed by atoms with Gasteiger partial charge in [-0.25, -0.2) is 12.8 Å². The second-order valence-corrected chi connectivity index (χ2v) is 7.69. The summed E-state index contributed by atoms with van der Waals surface area (Å²) in [5.74, 6) is -0.342. The minimum absolute atomic E-state index is 0.0637. The van der Waals surface area contributed by atoms with Crippen molar-refractivity contribution in [2.24, 2.45) is 7.05 Å². The summed E-state index contributed by atoms with van der Waals surface area (Å²) in [6, 6.07) is 4.21. The number of aliphatic hydroxyl groups excluding tert-OH is 1. The number of hydrogen-bond acceptors (Lipinski definition) is 5. The molecule has 0 spiro atoms. The number of rotatable bonds is 4. The van der Waals surface area contributed by atoms with Crippen LogP contribution in [0.1, 0.15) is 5.56 Å². The molecule has 2 aromatic rings. The van der Waals surface area contributed by atoms with Crippen LogP contribution in [0.15, 0.2) is 35.5 Å². The molecule has 0 radical (unpaired) electrons. The number of ether oxygens (including phenoxy) is 1. The molecule has 2 atom stereocenters. The van der Waals surface area contributed by atoms with Gasteiger partial charge in [0.1, 0.15) is 22.9 Å². The summed E-state index contributed by atoms with van der Waals surface area (Å²) in [4.78, 5) is -0.392. The molecule has 0 amide bonds. The van der Waals surface area contributed by atoms with Crippen LogP contribution < -0.4 is 4.74 Å². The van der Waals surface area contributed by atoms with Gasteiger partial charge in [-0.1, -0.05) is 12.1 Å². The number of β-amino-alcohol motifs (C(OH)–C–C–N with tert-alkyl or cyclic N) is 1. The summed E-state index contributed by atoms with van der Waals surface area (Å²) in [6.07, 6.45) is 1.35. The van der Waals surface area contributed by atoms with E-state index in [9.17, 15) is 17.9 Å². The van der Waals surface area contributed by atoms with E-state index in [2.05, 4.69) is 5.10 Å². The van der Waals surface area contributed by atoms with Gasteiger partial charge in [0.05, 0.1) is 18.9 Å². The van der Waals surface area contributed by atoms with Crippen molar-refractivity contribution in [3.63, 3.8) is 0 Å². The van der Waals surface area contributed by atoms with Gasteiger partial charge in [-0.3, -0.25) is 4.68 Å². The molecule has 24 heavy (non-hydrogen) atoms. The number of benzene rings is 1. The zero-order chi connectivity index (χ0) is 17.5. The normalized spacial score (nSPS) is 22.0. The first-order chi connectivity index (χ1) is 11.3. The lowest BCUT2D eigenvalue weighted by Gasteiger charge is -2.17. The van der Waals surface area contributed by atoms with Crippen LogP contribution in [-0.2, 0) is 17.1 Å². The molecular weight excluding hydrogens is 337 g/mol. The van der Waals surface area contributed by atoms with Crippen LogP contribution in [0.5, 0.6) is 5.75 Å². The molecule has 1 fully saturated rings. The maximum atomic E-state index is 14.2. The Hall–Kier alpha value is -1.97. The highest BCUT2D eigenvalue weighted by molar-refractivity contribution is 7.89. The second-order valence-electron chi connectivity index (χ2n) is 5.78. The molecule has 0 saturated carbocycles. The Morgan fingerprint density at radius 3 is 2.79 bits per heavy atom. The van der Waals surface area contributed by atoms with Crippen molar-refractivity contribution in [3.8, 4) is 5.75 Å². The third-order valence-electron chi connectivity index (χ3n) is 3.95. The first kappa shape index (κ1) is 16.9. The van der Waals surface area contributed by atoms with Gasteiger partial charge in [0.15, 0.2) is 5.75 Å². The molecule has 3 rings (SSSR count). The molecule has 2 heterocycles. The van der Waals surface area contributed by atoms with Crippen LogP contribution >= 0.6 is 0 Å². The molecule has 0 bridgehead atoms. The molecule has 7 nitrogen and oxygen atoms in total. The molecule has 0 unspecified atom stereocenters. The highest BCUT2D eigenvalue weighted by atomic mass is 32.2. The molecule has 130 valence electrons. The molecular formula is C15H18FN3O4S. The van der Waals surface area contributed by atoms with E-state index in [1.54, 1.807) is 13.2 Å². The topological polar surface area (TPSA) is 84.7 Å². The first-order valence-electron chi connectivity index (χ1n) is 7.37. The minimum Gasteiger partial charge on any atom is -0.483 e. The molecule has 9 heteroatoms. The lowest BCUT2D eigenvalue weighted by Crippen LogP contribution is -2.31. The van der Waals surface area contributed by atoms with Crippen LogP contribution in [0.4, 0.5) is 4.39 Å². The molecule has 1 aliphatic rings. The number of aryl methyl sites for hydroxylation is 2. The van der Waals surface area contributed by atoms with Crippen molar-refractivity contribution >= 4 is 10.0 Å². The summed E-state index contributed by atoms with van der Waals surface area (Å²) in [5.41, 5.74) is 0.249. The van der Waals surface area contributed by atoms with E-state index in [0.717, 1.165) is 4.31 Å². The van der Waals surface area contributed by atoms with Gasteiger partial charge in [-0.15, -0.1) is 0 Å². The smallest absolute Gasteiger partial charge is 0.246 e. The Labute approximate surface area is 139 Å². The highest BCUT2D eigenvalue weighted by Gasteiger charge is 2.41. The summed E-state index contributed by atoms with van der Waals surface area (Å²) < 4.78 is 47.7. The van der Waals surface area contributed by atoms with Gasteiger partial charge in [-0.2, -0.15) is 9.40 Å². The number of nitrogens with zero attached hydrogens (tertiary/aromatic N) is 3. The molecule has 1 aromatic heterocycles. The van der Waals surface area contributed by atoms with Crippen molar-refractivity contribution in [2.45, 2.75) is 24.0 Å². The van der Waals surface area contributed by atoms with Gasteiger partial charge < -0.3 is 9.84 Å². The molecule has 1 aromatic carbocycles. The fraction of sp³-hybridized carbons (Fsp3) is 0.400. The molecule has 1 saturated heterocycles. The molecule has 1 N–H and O–H groups in total. The summed E-state index contributed by atoms with van der Waals surface area (Å²) in [7, 11) is -2.33. The number of aliphatic hydroxyl groups is 1. The Balaban J connectivity index is 1.81. The van der Waals surface area contributed by atoms with E-state index >= 15 is 0 Å². The van der Waals surface area contributed by atoms with Crippen LogP contribution in [-0.4, -0.2) is 52.9 Å². The van der Waals surface area contributed by atoms with E-state index in [1.807, 2.05) is 0 Å². The number of halogens is 1. The Bertz CT molecular complexity index is 852. The largest absolute Gasteiger partial charge is 0.483 e. The van der Waals surface area contributed by atoms with Crippen molar-refractivity contribution in [1.29, 1.82) is 0 Å². The fourth-order valence-corrected chi connectivity index (χ4v) is 4.24. The average molecular weight is 355 g/mol. The first-order valence-corrected chi connectivity index (χ1v) is 8.81. The average Bonchev–Trinajstić information content (AvgIpc) is 3.09. The lowest BCUT2D eigenvalue weighted by atomic mass is 10.2. The van der Waals surface area contributed by atoms with Crippen molar-refractivity contribution < 1.29 is 22.7 Å². The van der Waals surface area contributed by atoms with Gasteiger partial charge in [0.2, 0.25) is 10.0 Å². The second kappa shape index (κ2) is 6.15. The monoisotopic (exact) mass is 355 g/mol. The lowest BCUT2D eigenvalue weighted by molar-refractivity contribution is 0.0737. The van der Waals surface area contributed by atoms with Gasteiger partial charge >= 0.3 is 0 Å². The third-order valence-corrected chi connectivity index (χ3v) is 5.80. The van der Waals surface area contributed by atoms with Crippen LogP contribution in [0.2, 0.25) is 0 Å². The minimum atomic E-state index is -4.05. The number of aromatic nitrogens is 2. The Morgan fingerprint density at radius 1 is 1.38 bits per heavy atom. The third kappa shape index (κ3) is 3.02. The highest BCUT2D eigenvalue weighted by Crippen LogP contribution is 2.26. The van der Waals surface area contributed by atoms with E-state index in [-0.39, 0.29) is 18.7 Å². The van der Waals surface area contributed by atoms with Crippen LogP contribution in [0.25, 0.3) is 0 Å². The van der Waals surface area contributed by atoms with E-state index in [0.29, 0.717) is 5.75 Å². The predicted octanol–water partition coefficient (Wildman–Crippen LogP) is 0.680. The fourth-order valence-electron chi connectivity index (χ4n) is 2.63. The number of sulfonamides is 1. The molecule has 0 aliphatic carbocycles. The predicted molar refractivity (Wildman–Crippen MR) is 83.5 cm³/mol. The van der Waals surface area contributed by atoms with Crippen molar-refractivity contribution in [1.82, 2.24) is 14.1 Å². The Morgan fingerprint density at radius 2 is 2.12 bits per heavy atom. The quantitative estimate of drug-likeness (QED) is 0.872. The summed E-state index contributed by atoms with van der Waals surface area (Å²) in [6.45, 7) is 1.29. The number of hydrogen-bond donors (Lipinski definition) is 1. The zero-order valence-corrected chi connectivity index (χ0v) is 14.1. The van der Waals surface area contributed by atoms with E-state index in [4.69, 9.17) is 4.74 Å². The van der Waals surface area contributed by atoms with E-state index in [1.165, 1.54) is 36.0 Å². The Kier molecular flexibility index (Phi) is 4.33. The maximum absolute atomic E-state index is 14.2. The van der Waals surface area contributed by atoms with E-state index < -0.39 is 32.9 Å². The van der Waals surface area contributed by atoms with Crippen LogP contribution in [0, 0.1) is 12.7 Å². The standard InChI is InChI=1S/C15H18FN3O4S/c1-10-4-3-5-14(15(10)16)24(21,22)19-8-12(20)13(9-19)23-11-6-17-18(2)7-11/h3-7,12-13,20H,8-9H2,1-2H3/t12-,13-/m1/s1. The van der Waals surface area contributed by atoms with Crippen LogP contribution in [0.3, 0.4) is 0 Å². The van der Waals surface area contributed by atoms with Crippen molar-refractivity contribution in [2.75, 3.05) is 13.1 Å². The molecule has 1 aliphatic heterocycles. The maximum Gasteiger partial charge on any atom is 0.246 e. The van der Waals surface area contributed by atoms with Gasteiger partial charge in [0.25, 0.3) is 0 Å². The SMILES string of the molecule is Cc1cccc(S(=O)(=O)N2C[C@@H](O)[C@H](Oc3cnn(C)c3)C2)c1F. The zero-order valence-electron chi connectivity index (χ0n) is 13.3. The van der Waals surface area contributed by atoms with Gasteiger partial charge in [0, 0.05) is 13.6 Å². The summed E-state index contributed by atoms with van der Waals surface area (Å²) >= 11 is 0. The summed E-state index contributed by atoms with van der Waals surface area (Å²) in [5, 5.41) is 14.1. The van der Waals surface area contributed by atoms with Crippen molar-refractivity contribution in [3.05, 3.63) is 42.0 Å².